The maximum atomic E-state index is 3.66. The Morgan fingerprint density at radius 1 is 1.36 bits per heavy atom. The van der Waals surface area contributed by atoms with Gasteiger partial charge in [-0.2, -0.15) is 0 Å². The van der Waals surface area contributed by atoms with Crippen LogP contribution in [0, 0.1) is 12.0 Å². The van der Waals surface area contributed by atoms with Crippen molar-refractivity contribution in [2.75, 3.05) is 0 Å². The molecule has 0 aliphatic heterocycles. The molecule has 1 unspecified atom stereocenters. The summed E-state index contributed by atoms with van der Waals surface area (Å²) in [6, 6.07) is 2.56. The highest BCUT2D eigenvalue weighted by atomic mass is 28.3. The molecule has 0 aromatic carbocycles. The Bertz CT molecular complexity index is 214. The van der Waals surface area contributed by atoms with E-state index < -0.39 is 8.07 Å². The van der Waals surface area contributed by atoms with Gasteiger partial charge in [0.25, 0.3) is 0 Å². The third-order valence-electron chi connectivity index (χ3n) is 3.37. The molecule has 0 saturated heterocycles. The molecule has 0 heterocycles. The molecule has 0 spiro atoms. The van der Waals surface area contributed by atoms with E-state index >= 15 is 0 Å². The van der Waals surface area contributed by atoms with E-state index in [0.717, 1.165) is 6.42 Å². The van der Waals surface area contributed by atoms with Gasteiger partial charge in [0.15, 0.2) is 0 Å². The molecule has 0 N–H and O–H groups in total. The Labute approximate surface area is 91.1 Å². The Balaban J connectivity index is 4.55. The van der Waals surface area contributed by atoms with Crippen molar-refractivity contribution in [2.45, 2.75) is 52.2 Å². The summed E-state index contributed by atoms with van der Waals surface area (Å²) < 4.78 is 0. The van der Waals surface area contributed by atoms with Crippen LogP contribution in [0.5, 0.6) is 0 Å². The average molecular weight is 209 g/mol. The fourth-order valence-electron chi connectivity index (χ4n) is 1.22. The first kappa shape index (κ1) is 13.7. The van der Waals surface area contributed by atoms with Gasteiger partial charge in [-0.3, -0.25) is 0 Å². The van der Waals surface area contributed by atoms with Crippen LogP contribution in [0.25, 0.3) is 0 Å². The second-order valence-electron chi connectivity index (χ2n) is 5.58. The summed E-state index contributed by atoms with van der Waals surface area (Å²) in [5.74, 6) is 0.563. The van der Waals surface area contributed by atoms with E-state index in [1.165, 1.54) is 0 Å². The van der Waals surface area contributed by atoms with Gasteiger partial charge in [-0.05, 0) is 29.5 Å². The van der Waals surface area contributed by atoms with Gasteiger partial charge in [0.2, 0.25) is 0 Å². The van der Waals surface area contributed by atoms with Gasteiger partial charge >= 0.3 is 0 Å². The molecule has 1 heteroatoms. The van der Waals surface area contributed by atoms with Gasteiger partial charge in [-0.25, -0.2) is 0 Å². The van der Waals surface area contributed by atoms with Crippen LogP contribution in [0.3, 0.4) is 0 Å². The van der Waals surface area contributed by atoms with Gasteiger partial charge < -0.3 is 0 Å². The number of hydrogen-bond acceptors (Lipinski definition) is 0. The summed E-state index contributed by atoms with van der Waals surface area (Å²) in [6.45, 7) is 17.8. The molecular formula is C13H25Si. The zero-order valence-corrected chi connectivity index (χ0v) is 11.6. The van der Waals surface area contributed by atoms with Crippen molar-refractivity contribution in [1.29, 1.82) is 0 Å². The Kier molecular flexibility index (Phi) is 4.90. The van der Waals surface area contributed by atoms with Crippen molar-refractivity contribution in [3.05, 3.63) is 24.4 Å². The first-order valence-corrected chi connectivity index (χ1v) is 8.54. The number of rotatable bonds is 4. The molecule has 81 valence electrons. The van der Waals surface area contributed by atoms with Crippen molar-refractivity contribution < 1.29 is 0 Å². The molecule has 1 atom stereocenters. The molecular weight excluding hydrogens is 184 g/mol. The second kappa shape index (κ2) is 5.00. The highest BCUT2D eigenvalue weighted by Crippen LogP contribution is 2.39. The van der Waals surface area contributed by atoms with Crippen LogP contribution in [0.2, 0.25) is 18.1 Å². The molecule has 1 radical (unpaired) electrons. The van der Waals surface area contributed by atoms with Crippen molar-refractivity contribution in [3.8, 4) is 0 Å². The van der Waals surface area contributed by atoms with Gasteiger partial charge in [0, 0.05) is 0 Å². The lowest BCUT2D eigenvalue weighted by Crippen LogP contribution is -2.40. The minimum atomic E-state index is -1.25. The van der Waals surface area contributed by atoms with E-state index in [1.54, 1.807) is 0 Å². The predicted molar refractivity (Wildman–Crippen MR) is 69.0 cm³/mol. The molecule has 0 bridgehead atoms. The minimum Gasteiger partial charge on any atom is -0.133 e. The molecule has 0 saturated carbocycles. The predicted octanol–water partition coefficient (Wildman–Crippen LogP) is 4.61. The van der Waals surface area contributed by atoms with E-state index in [2.05, 4.69) is 65.2 Å². The second-order valence-corrected chi connectivity index (χ2v) is 10.9. The first-order valence-electron chi connectivity index (χ1n) is 5.46. The normalized spacial score (nSPS) is 14.7. The lowest BCUT2D eigenvalue weighted by Gasteiger charge is -2.38. The maximum Gasteiger partial charge on any atom is 0.0565 e. The number of allylic oxidation sites excluding steroid dienone is 1. The van der Waals surface area contributed by atoms with Crippen molar-refractivity contribution in [2.24, 2.45) is 5.92 Å². The van der Waals surface area contributed by atoms with Gasteiger partial charge in [-0.15, -0.1) is 5.73 Å². The van der Waals surface area contributed by atoms with E-state index in [-0.39, 0.29) is 0 Å². The highest BCUT2D eigenvalue weighted by Gasteiger charge is 2.36. The van der Waals surface area contributed by atoms with Crippen LogP contribution < -0.4 is 0 Å². The summed E-state index contributed by atoms with van der Waals surface area (Å²) >= 11 is 0. The van der Waals surface area contributed by atoms with E-state index in [1.807, 2.05) is 0 Å². The molecule has 0 aromatic rings. The zero-order valence-electron chi connectivity index (χ0n) is 10.6. The van der Waals surface area contributed by atoms with E-state index in [0.29, 0.717) is 11.0 Å². The summed E-state index contributed by atoms with van der Waals surface area (Å²) in [5, 5.41) is 0.440. The van der Waals surface area contributed by atoms with Crippen molar-refractivity contribution in [3.63, 3.8) is 0 Å². The molecule has 0 rings (SSSR count). The molecule has 0 aromatic heterocycles. The lowest BCUT2D eigenvalue weighted by atomic mass is 10.1. The van der Waals surface area contributed by atoms with Crippen LogP contribution in [-0.2, 0) is 0 Å². The molecule has 0 amide bonds. The molecule has 14 heavy (non-hydrogen) atoms. The lowest BCUT2D eigenvalue weighted by molar-refractivity contribution is 0.689. The summed E-state index contributed by atoms with van der Waals surface area (Å²) in [4.78, 5) is 0. The average Bonchev–Trinajstić information content (AvgIpc) is 2.01. The molecule has 0 aliphatic rings. The molecule has 0 nitrogen and oxygen atoms in total. The fraction of sp³-hybridized carbons (Fsp3) is 0.692. The van der Waals surface area contributed by atoms with Crippen LogP contribution in [-0.4, -0.2) is 8.07 Å². The third kappa shape index (κ3) is 3.85. The summed E-state index contributed by atoms with van der Waals surface area (Å²) in [5.41, 5.74) is 2.91. The first-order chi connectivity index (χ1) is 6.24. The monoisotopic (exact) mass is 209 g/mol. The van der Waals surface area contributed by atoms with E-state index in [9.17, 15) is 0 Å². The maximum absolute atomic E-state index is 3.66. The van der Waals surface area contributed by atoms with Crippen LogP contribution in [0.4, 0.5) is 0 Å². The molecule has 0 fully saturated rings. The Hall–Kier alpha value is -0.263. The van der Waals surface area contributed by atoms with E-state index in [4.69, 9.17) is 0 Å². The van der Waals surface area contributed by atoms with Crippen molar-refractivity contribution in [1.82, 2.24) is 0 Å². The standard InChI is InChI=1S/C13H25Si/c1-8-10-12(9-2)11-14(6,7)13(3,4)5/h10-12H,1,9H2,2-7H3. The van der Waals surface area contributed by atoms with Crippen LogP contribution in [0.15, 0.2) is 18.4 Å². The van der Waals surface area contributed by atoms with Crippen LogP contribution >= 0.6 is 0 Å². The smallest absolute Gasteiger partial charge is 0.0565 e. The Morgan fingerprint density at radius 2 is 1.86 bits per heavy atom. The zero-order chi connectivity index (χ0) is 11.4. The highest BCUT2D eigenvalue weighted by molar-refractivity contribution is 6.83. The summed E-state index contributed by atoms with van der Waals surface area (Å²) in [6.07, 6.45) is 3.26. The third-order valence-corrected chi connectivity index (χ3v) is 8.49. The summed E-state index contributed by atoms with van der Waals surface area (Å²) in [7, 11) is -1.25. The fourth-order valence-corrected chi connectivity index (χ4v) is 3.12. The largest absolute Gasteiger partial charge is 0.133 e. The number of hydrogen-bond donors (Lipinski definition) is 0. The minimum absolute atomic E-state index is 0.440. The van der Waals surface area contributed by atoms with Crippen molar-refractivity contribution >= 4 is 8.07 Å². The topological polar surface area (TPSA) is 0 Å². The van der Waals surface area contributed by atoms with Gasteiger partial charge in [0.05, 0.1) is 8.07 Å². The SMILES string of the molecule is C=C=CC([CH][Si](C)(C)C(C)(C)C)CC. The molecule has 0 aliphatic carbocycles. The Morgan fingerprint density at radius 3 is 2.14 bits per heavy atom. The van der Waals surface area contributed by atoms with Gasteiger partial charge in [0.1, 0.15) is 0 Å². The quantitative estimate of drug-likeness (QED) is 0.469. The van der Waals surface area contributed by atoms with Crippen LogP contribution in [0.1, 0.15) is 34.1 Å². The van der Waals surface area contributed by atoms with Gasteiger partial charge in [-0.1, -0.05) is 47.4 Å².